The van der Waals surface area contributed by atoms with Crippen LogP contribution in [0.15, 0.2) is 47.7 Å². The number of hydrogen-bond donors (Lipinski definition) is 3. The highest BCUT2D eigenvalue weighted by atomic mass is 35.5. The highest BCUT2D eigenvalue weighted by molar-refractivity contribution is 6.36. The number of benzene rings is 1. The van der Waals surface area contributed by atoms with E-state index in [4.69, 9.17) is 28.9 Å². The van der Waals surface area contributed by atoms with Gasteiger partial charge >= 0.3 is 11.5 Å². The van der Waals surface area contributed by atoms with E-state index in [-0.39, 0.29) is 42.5 Å². The van der Waals surface area contributed by atoms with Crippen LogP contribution in [0.1, 0.15) is 23.7 Å². The zero-order chi connectivity index (χ0) is 29.7. The van der Waals surface area contributed by atoms with Gasteiger partial charge in [0.25, 0.3) is 5.91 Å². The van der Waals surface area contributed by atoms with Crippen LogP contribution in [0.2, 0.25) is 10.0 Å². The SMILES string of the molecule is CC1N=C([N+](=O)[O-])CN1CCNC(=O)c1cn(CCCNc2ccc([N+](=O)[O-])c(N)n2)cc1-c1ccc(Cl)cc1Cl. The predicted molar refractivity (Wildman–Crippen MR) is 156 cm³/mol. The molecule has 1 aliphatic rings. The number of anilines is 2. The van der Waals surface area contributed by atoms with E-state index in [9.17, 15) is 25.0 Å². The van der Waals surface area contributed by atoms with Gasteiger partial charge in [-0.3, -0.25) is 14.9 Å². The number of aliphatic imine (C=N–C) groups is 1. The van der Waals surface area contributed by atoms with E-state index in [1.54, 1.807) is 36.2 Å². The van der Waals surface area contributed by atoms with Crippen LogP contribution in [0.25, 0.3) is 11.1 Å². The number of rotatable bonds is 11. The lowest BCUT2D eigenvalue weighted by molar-refractivity contribution is -0.384. The minimum absolute atomic E-state index is 0.0945. The fraction of sp³-hybridized carbons (Fsp3) is 0.320. The molecule has 216 valence electrons. The van der Waals surface area contributed by atoms with Crippen LogP contribution in [-0.2, 0) is 6.54 Å². The van der Waals surface area contributed by atoms with Crippen molar-refractivity contribution in [1.29, 1.82) is 0 Å². The Morgan fingerprint density at radius 3 is 2.54 bits per heavy atom. The maximum atomic E-state index is 13.3. The molecule has 1 aromatic carbocycles. The minimum atomic E-state index is -0.593. The number of nitrogen functional groups attached to an aromatic ring is 1. The highest BCUT2D eigenvalue weighted by Gasteiger charge is 2.32. The lowest BCUT2D eigenvalue weighted by Crippen LogP contribution is -2.38. The van der Waals surface area contributed by atoms with E-state index in [0.717, 1.165) is 0 Å². The zero-order valence-corrected chi connectivity index (χ0v) is 23.4. The summed E-state index contributed by atoms with van der Waals surface area (Å²) in [5, 5.41) is 28.8. The molecule has 1 amide bonds. The number of nitrogens with one attached hydrogen (secondary N) is 2. The van der Waals surface area contributed by atoms with Gasteiger partial charge in [0.15, 0.2) is 6.17 Å². The number of carbonyl (C=O) groups is 1. The molecule has 1 unspecified atom stereocenters. The Morgan fingerprint density at radius 2 is 1.88 bits per heavy atom. The fourth-order valence-corrected chi connectivity index (χ4v) is 4.88. The van der Waals surface area contributed by atoms with Gasteiger partial charge in [0.1, 0.15) is 12.4 Å². The molecule has 1 aliphatic heterocycles. The molecule has 0 saturated carbocycles. The van der Waals surface area contributed by atoms with Crippen LogP contribution in [0.5, 0.6) is 0 Å². The second-order valence-electron chi connectivity index (χ2n) is 9.25. The fourth-order valence-electron chi connectivity index (χ4n) is 4.37. The Balaban J connectivity index is 1.41. The number of nitrogens with zero attached hydrogens (tertiary/aromatic N) is 6. The average Bonchev–Trinajstić information content (AvgIpc) is 3.50. The monoisotopic (exact) mass is 603 g/mol. The summed E-state index contributed by atoms with van der Waals surface area (Å²) in [5.74, 6) is -0.175. The quantitative estimate of drug-likeness (QED) is 0.166. The van der Waals surface area contributed by atoms with Crippen molar-refractivity contribution in [1.82, 2.24) is 19.8 Å². The highest BCUT2D eigenvalue weighted by Crippen LogP contribution is 2.33. The molecule has 0 saturated heterocycles. The third-order valence-corrected chi connectivity index (χ3v) is 7.00. The molecule has 0 fully saturated rings. The number of halogens is 2. The number of amidine groups is 1. The van der Waals surface area contributed by atoms with E-state index in [1.807, 2.05) is 10.8 Å². The molecule has 1 atom stereocenters. The summed E-state index contributed by atoms with van der Waals surface area (Å²) in [6.45, 7) is 3.55. The maximum absolute atomic E-state index is 13.3. The van der Waals surface area contributed by atoms with Gasteiger partial charge in [-0.25, -0.2) is 9.88 Å². The van der Waals surface area contributed by atoms with Crippen LogP contribution in [0.4, 0.5) is 17.3 Å². The molecule has 14 nitrogen and oxygen atoms in total. The molecule has 0 aliphatic carbocycles. The van der Waals surface area contributed by atoms with Gasteiger partial charge in [-0.2, -0.15) is 0 Å². The average molecular weight is 604 g/mol. The number of amides is 1. The van der Waals surface area contributed by atoms with Crippen LogP contribution < -0.4 is 16.4 Å². The zero-order valence-electron chi connectivity index (χ0n) is 21.9. The molecule has 4 N–H and O–H groups in total. The van der Waals surface area contributed by atoms with Gasteiger partial charge in [0.05, 0.1) is 10.5 Å². The Bertz CT molecular complexity index is 1510. The number of aromatic nitrogens is 2. The van der Waals surface area contributed by atoms with Crippen LogP contribution >= 0.6 is 23.2 Å². The van der Waals surface area contributed by atoms with E-state index < -0.39 is 9.85 Å². The Morgan fingerprint density at radius 1 is 1.10 bits per heavy atom. The first kappa shape index (κ1) is 29.7. The lowest BCUT2D eigenvalue weighted by Gasteiger charge is -2.16. The molecule has 0 bridgehead atoms. The molecule has 2 aromatic heterocycles. The number of aryl methyl sites for hydroxylation is 1. The van der Waals surface area contributed by atoms with Gasteiger partial charge in [0.2, 0.25) is 5.82 Å². The first-order chi connectivity index (χ1) is 19.5. The third kappa shape index (κ3) is 7.28. The van der Waals surface area contributed by atoms with Gasteiger partial charge in [0, 0.05) is 65.8 Å². The summed E-state index contributed by atoms with van der Waals surface area (Å²) >= 11 is 12.5. The third-order valence-electron chi connectivity index (χ3n) is 6.45. The summed E-state index contributed by atoms with van der Waals surface area (Å²) in [5.41, 5.74) is 7.06. The standard InChI is InChI=1S/C25H27Cl2N9O5/c1-15-31-23(36(40)41)14-34(15)10-8-30-25(37)19-13-33(12-18(19)17-4-3-16(26)11-20(17)27)9-2-7-29-22-6-5-21(35(38)39)24(28)32-22/h3-6,11-13,15H,2,7-10,14H2,1H3,(H,30,37)(H3,28,29,32). The molecule has 3 aromatic rings. The second-order valence-corrected chi connectivity index (χ2v) is 10.1. The van der Waals surface area contributed by atoms with Gasteiger partial charge in [-0.1, -0.05) is 34.3 Å². The normalized spacial score (nSPS) is 15.0. The first-order valence-electron chi connectivity index (χ1n) is 12.6. The molecular weight excluding hydrogens is 577 g/mol. The van der Waals surface area contributed by atoms with E-state index >= 15 is 0 Å². The number of nitrogens with two attached hydrogens (primary N) is 1. The van der Waals surface area contributed by atoms with Crippen LogP contribution in [0.3, 0.4) is 0 Å². The van der Waals surface area contributed by atoms with Crippen LogP contribution in [0, 0.1) is 20.2 Å². The molecule has 16 heteroatoms. The summed E-state index contributed by atoms with van der Waals surface area (Å²) in [6, 6.07) is 7.82. The van der Waals surface area contributed by atoms with E-state index in [1.165, 1.54) is 12.1 Å². The summed E-state index contributed by atoms with van der Waals surface area (Å²) < 4.78 is 1.87. The van der Waals surface area contributed by atoms with Crippen molar-refractivity contribution in [2.24, 2.45) is 4.99 Å². The number of pyridine rings is 1. The van der Waals surface area contributed by atoms with Crippen molar-refractivity contribution >= 4 is 52.3 Å². The molecule has 4 rings (SSSR count). The molecule has 0 spiro atoms. The van der Waals surface area contributed by atoms with Crippen molar-refractivity contribution in [2.45, 2.75) is 26.1 Å². The molecule has 0 radical (unpaired) electrons. The number of carbonyl (C=O) groups excluding carboxylic acids is 1. The van der Waals surface area contributed by atoms with E-state index in [2.05, 4.69) is 20.6 Å². The summed E-state index contributed by atoms with van der Waals surface area (Å²) in [7, 11) is 0. The molecule has 3 heterocycles. The van der Waals surface area contributed by atoms with Crippen molar-refractivity contribution in [3.8, 4) is 11.1 Å². The predicted octanol–water partition coefficient (Wildman–Crippen LogP) is 3.92. The largest absolute Gasteiger partial charge is 0.378 e. The van der Waals surface area contributed by atoms with Crippen molar-refractivity contribution in [3.63, 3.8) is 0 Å². The van der Waals surface area contributed by atoms with Crippen molar-refractivity contribution in [2.75, 3.05) is 37.2 Å². The van der Waals surface area contributed by atoms with Crippen molar-refractivity contribution in [3.05, 3.63) is 78.6 Å². The van der Waals surface area contributed by atoms with E-state index in [0.29, 0.717) is 58.6 Å². The second kappa shape index (κ2) is 12.9. The van der Waals surface area contributed by atoms with Crippen LogP contribution in [-0.4, -0.2) is 68.4 Å². The van der Waals surface area contributed by atoms with Gasteiger partial charge in [-0.05, 0) is 36.5 Å². The lowest BCUT2D eigenvalue weighted by atomic mass is 10.0. The number of hydrogen-bond acceptors (Lipinski definition) is 10. The maximum Gasteiger partial charge on any atom is 0.349 e. The summed E-state index contributed by atoms with van der Waals surface area (Å²) in [6.07, 6.45) is 3.84. The minimum Gasteiger partial charge on any atom is -0.378 e. The summed E-state index contributed by atoms with van der Waals surface area (Å²) in [4.78, 5) is 44.0. The first-order valence-corrected chi connectivity index (χ1v) is 13.3. The Hall–Kier alpha value is -4.27. The Kier molecular flexibility index (Phi) is 9.37. The molecular formula is C25H27Cl2N9O5. The van der Waals surface area contributed by atoms with Crippen molar-refractivity contribution < 1.29 is 14.6 Å². The topological polar surface area (TPSA) is 187 Å². The number of nitro groups is 2. The Labute approximate surface area is 244 Å². The smallest absolute Gasteiger partial charge is 0.349 e. The van der Waals surface area contributed by atoms with Gasteiger partial charge in [-0.15, -0.1) is 0 Å². The molecule has 41 heavy (non-hydrogen) atoms. The van der Waals surface area contributed by atoms with Gasteiger partial charge < -0.3 is 31.0 Å².